The van der Waals surface area contributed by atoms with Gasteiger partial charge in [-0.15, -0.1) is 11.3 Å². The fourth-order valence-electron chi connectivity index (χ4n) is 2.76. The van der Waals surface area contributed by atoms with Crippen molar-refractivity contribution in [3.63, 3.8) is 0 Å². The van der Waals surface area contributed by atoms with Crippen LogP contribution in [0.3, 0.4) is 0 Å². The van der Waals surface area contributed by atoms with Crippen LogP contribution < -0.4 is 0 Å². The highest BCUT2D eigenvalue weighted by Crippen LogP contribution is 2.30. The fraction of sp³-hybridized carbons (Fsp3) is 0.333. The Kier molecular flexibility index (Phi) is 3.18. The summed E-state index contributed by atoms with van der Waals surface area (Å²) in [5.74, 6) is 0. The van der Waals surface area contributed by atoms with E-state index in [0.29, 0.717) is 0 Å². The maximum atomic E-state index is 6.28. The Morgan fingerprint density at radius 3 is 2.94 bits per heavy atom. The fourth-order valence-corrected chi connectivity index (χ4v) is 3.85. The maximum absolute atomic E-state index is 6.28. The summed E-state index contributed by atoms with van der Waals surface area (Å²) in [4.78, 5) is 1.57. The Labute approximate surface area is 117 Å². The lowest BCUT2D eigenvalue weighted by molar-refractivity contribution is -0.937. The largest absolute Gasteiger partial charge is 0.318 e. The van der Waals surface area contributed by atoms with Gasteiger partial charge >= 0.3 is 0 Å². The van der Waals surface area contributed by atoms with Gasteiger partial charge < -0.3 is 4.48 Å². The van der Waals surface area contributed by atoms with Crippen LogP contribution in [-0.2, 0) is 19.5 Å². The van der Waals surface area contributed by atoms with Crippen LogP contribution in [-0.4, -0.2) is 18.1 Å². The molecule has 0 radical (unpaired) electrons. The standard InChI is InChI=1S/C15H17ClNS/c1-17(10-12-4-2-3-5-14(12)16)8-6-15-13(11-17)7-9-18-15/h2-5,7,9H,6,8,10-11H2,1H3/q+1/t17-/m1/s1. The second kappa shape index (κ2) is 4.69. The molecule has 0 unspecified atom stereocenters. The molecule has 0 fully saturated rings. The van der Waals surface area contributed by atoms with Crippen molar-refractivity contribution in [3.8, 4) is 0 Å². The van der Waals surface area contributed by atoms with Crippen molar-refractivity contribution in [2.45, 2.75) is 19.5 Å². The molecule has 94 valence electrons. The van der Waals surface area contributed by atoms with Gasteiger partial charge in [-0.3, -0.25) is 0 Å². The molecular weight excluding hydrogens is 262 g/mol. The van der Waals surface area contributed by atoms with Crippen molar-refractivity contribution in [1.29, 1.82) is 0 Å². The van der Waals surface area contributed by atoms with Gasteiger partial charge in [0.15, 0.2) is 0 Å². The smallest absolute Gasteiger partial charge is 0.106 e. The summed E-state index contributed by atoms with van der Waals surface area (Å²) in [6.07, 6.45) is 1.20. The van der Waals surface area contributed by atoms with Gasteiger partial charge in [-0.2, -0.15) is 0 Å². The van der Waals surface area contributed by atoms with Gasteiger partial charge in [0.2, 0.25) is 0 Å². The number of fused-ring (bicyclic) bond motifs is 1. The molecule has 0 N–H and O–H groups in total. The number of quaternary nitrogens is 1. The second-order valence-corrected chi connectivity index (χ2v) is 6.78. The summed E-state index contributed by atoms with van der Waals surface area (Å²) in [5.41, 5.74) is 2.79. The Morgan fingerprint density at radius 1 is 1.28 bits per heavy atom. The van der Waals surface area contributed by atoms with Crippen molar-refractivity contribution in [2.24, 2.45) is 0 Å². The number of nitrogens with zero attached hydrogens (tertiary/aromatic N) is 1. The maximum Gasteiger partial charge on any atom is 0.106 e. The molecule has 0 saturated carbocycles. The molecule has 1 nitrogen and oxygen atoms in total. The van der Waals surface area contributed by atoms with Crippen molar-refractivity contribution in [3.05, 3.63) is 56.7 Å². The Morgan fingerprint density at radius 2 is 2.11 bits per heavy atom. The molecule has 0 spiro atoms. The number of thiophene rings is 1. The lowest BCUT2D eigenvalue weighted by atomic mass is 10.1. The van der Waals surface area contributed by atoms with Crippen LogP contribution in [0.25, 0.3) is 0 Å². The molecule has 0 saturated heterocycles. The van der Waals surface area contributed by atoms with Crippen LogP contribution in [0.1, 0.15) is 16.0 Å². The third kappa shape index (κ3) is 2.33. The van der Waals surface area contributed by atoms with E-state index in [-0.39, 0.29) is 0 Å². The van der Waals surface area contributed by atoms with E-state index in [9.17, 15) is 0 Å². The lowest BCUT2D eigenvalue weighted by Crippen LogP contribution is -2.46. The molecule has 18 heavy (non-hydrogen) atoms. The zero-order valence-electron chi connectivity index (χ0n) is 10.5. The third-order valence-corrected chi connectivity index (χ3v) is 5.17. The van der Waals surface area contributed by atoms with Gasteiger partial charge in [-0.25, -0.2) is 0 Å². The monoisotopic (exact) mass is 278 g/mol. The number of hydrogen-bond donors (Lipinski definition) is 0. The first-order chi connectivity index (χ1) is 8.66. The van der Waals surface area contributed by atoms with Gasteiger partial charge in [-0.05, 0) is 17.5 Å². The van der Waals surface area contributed by atoms with Crippen LogP contribution in [0.4, 0.5) is 0 Å². The predicted molar refractivity (Wildman–Crippen MR) is 77.9 cm³/mol. The average molecular weight is 279 g/mol. The van der Waals surface area contributed by atoms with Crippen LogP contribution in [0.15, 0.2) is 35.7 Å². The summed E-state index contributed by atoms with van der Waals surface area (Å²) < 4.78 is 1.06. The third-order valence-electron chi connectivity index (χ3n) is 3.78. The summed E-state index contributed by atoms with van der Waals surface area (Å²) in [6.45, 7) is 3.36. The van der Waals surface area contributed by atoms with Crippen LogP contribution in [0.5, 0.6) is 0 Å². The van der Waals surface area contributed by atoms with E-state index >= 15 is 0 Å². The van der Waals surface area contributed by atoms with Gasteiger partial charge in [0.1, 0.15) is 13.1 Å². The first kappa shape index (κ1) is 12.2. The number of halogens is 1. The van der Waals surface area contributed by atoms with E-state index < -0.39 is 0 Å². The van der Waals surface area contributed by atoms with E-state index in [4.69, 9.17) is 11.6 Å². The Hall–Kier alpha value is -0.830. The molecule has 2 heterocycles. The Bertz CT molecular complexity index is 563. The molecule has 1 aromatic heterocycles. The minimum atomic E-state index is 0.896. The Balaban J connectivity index is 1.83. The van der Waals surface area contributed by atoms with Crippen LogP contribution in [0.2, 0.25) is 5.02 Å². The van der Waals surface area contributed by atoms with Crippen molar-refractivity contribution in [1.82, 2.24) is 0 Å². The van der Waals surface area contributed by atoms with Gasteiger partial charge in [0.05, 0.1) is 13.6 Å². The molecular formula is C15H17ClNS+. The van der Waals surface area contributed by atoms with E-state index in [1.54, 1.807) is 4.88 Å². The molecule has 0 amide bonds. The molecule has 0 bridgehead atoms. The average Bonchev–Trinajstić information content (AvgIpc) is 2.79. The topological polar surface area (TPSA) is 0 Å². The highest BCUT2D eigenvalue weighted by molar-refractivity contribution is 7.10. The predicted octanol–water partition coefficient (Wildman–Crippen LogP) is 4.10. The second-order valence-electron chi connectivity index (χ2n) is 5.37. The lowest BCUT2D eigenvalue weighted by Gasteiger charge is -2.38. The number of benzene rings is 1. The minimum Gasteiger partial charge on any atom is -0.318 e. The molecule has 3 rings (SSSR count). The highest BCUT2D eigenvalue weighted by atomic mass is 35.5. The molecule has 1 atom stereocenters. The zero-order chi connectivity index (χ0) is 12.6. The number of hydrogen-bond acceptors (Lipinski definition) is 1. The van der Waals surface area contributed by atoms with Gasteiger partial charge in [0, 0.05) is 27.4 Å². The van der Waals surface area contributed by atoms with E-state index in [2.05, 4.69) is 30.6 Å². The molecule has 3 heteroatoms. The first-order valence-electron chi connectivity index (χ1n) is 6.28. The normalized spacial score (nSPS) is 22.8. The van der Waals surface area contributed by atoms with Gasteiger partial charge in [0.25, 0.3) is 0 Å². The number of likely N-dealkylation sites (N-methyl/N-ethyl adjacent to an activating group) is 1. The van der Waals surface area contributed by atoms with E-state index in [1.165, 1.54) is 24.1 Å². The minimum absolute atomic E-state index is 0.896. The number of rotatable bonds is 2. The quantitative estimate of drug-likeness (QED) is 0.726. The summed E-state index contributed by atoms with van der Waals surface area (Å²) in [6, 6.07) is 10.5. The van der Waals surface area contributed by atoms with Crippen molar-refractivity contribution >= 4 is 22.9 Å². The summed E-state index contributed by atoms with van der Waals surface area (Å²) >= 11 is 8.18. The molecule has 2 aromatic rings. The SMILES string of the molecule is C[N@+]1(Cc2ccccc2Cl)CCc2sccc2C1. The molecule has 1 aliphatic heterocycles. The van der Waals surface area contributed by atoms with Crippen molar-refractivity contribution < 1.29 is 4.48 Å². The highest BCUT2D eigenvalue weighted by Gasteiger charge is 2.29. The molecule has 0 aliphatic carbocycles. The zero-order valence-corrected chi connectivity index (χ0v) is 12.1. The van der Waals surface area contributed by atoms with Crippen LogP contribution >= 0.6 is 22.9 Å². The van der Waals surface area contributed by atoms with E-state index in [0.717, 1.165) is 22.6 Å². The molecule has 1 aliphatic rings. The van der Waals surface area contributed by atoms with Crippen LogP contribution in [0, 0.1) is 0 Å². The summed E-state index contributed by atoms with van der Waals surface area (Å²) in [7, 11) is 2.34. The van der Waals surface area contributed by atoms with Crippen molar-refractivity contribution in [2.75, 3.05) is 13.6 Å². The van der Waals surface area contributed by atoms with E-state index in [1.807, 2.05) is 23.5 Å². The molecule has 1 aromatic carbocycles. The first-order valence-corrected chi connectivity index (χ1v) is 7.54. The van der Waals surface area contributed by atoms with Gasteiger partial charge in [-0.1, -0.05) is 29.8 Å². The summed E-state index contributed by atoms with van der Waals surface area (Å²) in [5, 5.41) is 3.11.